The molecule has 2 N–H and O–H groups in total. The van der Waals surface area contributed by atoms with E-state index < -0.39 is 10.0 Å². The number of nitrogens with one attached hydrogen (secondary N) is 2. The van der Waals surface area contributed by atoms with E-state index in [1.807, 2.05) is 6.92 Å². The van der Waals surface area contributed by atoms with Gasteiger partial charge < -0.3 is 0 Å². The minimum Gasteiger partial charge on any atom is -0.280 e. The summed E-state index contributed by atoms with van der Waals surface area (Å²) in [6.07, 6.45) is 0. The van der Waals surface area contributed by atoms with Crippen molar-refractivity contribution in [3.63, 3.8) is 0 Å². The highest BCUT2D eigenvalue weighted by Crippen LogP contribution is 2.32. The van der Waals surface area contributed by atoms with E-state index in [2.05, 4.69) is 30.8 Å². The summed E-state index contributed by atoms with van der Waals surface area (Å²) in [6, 6.07) is 1.64. The molecule has 5 nitrogen and oxygen atoms in total. The number of hydrogen-bond donors (Lipinski definition) is 2. The molecule has 0 amide bonds. The lowest BCUT2D eigenvalue weighted by molar-refractivity contribution is 0.603. The van der Waals surface area contributed by atoms with E-state index in [4.69, 9.17) is 0 Å². The SMILES string of the molecule is Cc1cc(S(=O)(=O)Nc2c(C)n[nH]c2C)sc1Br. The van der Waals surface area contributed by atoms with Crippen LogP contribution in [0.3, 0.4) is 0 Å². The van der Waals surface area contributed by atoms with Crippen LogP contribution in [0.1, 0.15) is 17.0 Å². The van der Waals surface area contributed by atoms with E-state index in [1.54, 1.807) is 19.9 Å². The van der Waals surface area contributed by atoms with Gasteiger partial charge in [0.15, 0.2) is 0 Å². The van der Waals surface area contributed by atoms with Gasteiger partial charge >= 0.3 is 0 Å². The van der Waals surface area contributed by atoms with E-state index in [1.165, 1.54) is 11.3 Å². The first-order valence-corrected chi connectivity index (χ1v) is 8.21. The Balaban J connectivity index is 2.39. The molecule has 2 aromatic heterocycles. The standard InChI is InChI=1S/C10H12BrN3O2S2/c1-5-4-8(17-10(5)11)18(15,16)14-9-6(2)12-13-7(9)3/h4,14H,1-3H3,(H,12,13). The van der Waals surface area contributed by atoms with Crippen molar-refractivity contribution in [1.29, 1.82) is 0 Å². The predicted molar refractivity (Wildman–Crippen MR) is 75.6 cm³/mol. The number of aryl methyl sites for hydroxylation is 3. The first-order valence-electron chi connectivity index (χ1n) is 5.11. The molecule has 8 heteroatoms. The molecule has 0 bridgehead atoms. The first kappa shape index (κ1) is 13.6. The van der Waals surface area contributed by atoms with Crippen LogP contribution in [0, 0.1) is 20.8 Å². The Kier molecular flexibility index (Phi) is 3.52. The Morgan fingerprint density at radius 2 is 2.06 bits per heavy atom. The first-order chi connectivity index (χ1) is 8.31. The molecule has 0 saturated carbocycles. The number of aromatic nitrogens is 2. The summed E-state index contributed by atoms with van der Waals surface area (Å²) in [4.78, 5) is 0. The Bertz CT molecular complexity index is 649. The zero-order chi connectivity index (χ0) is 13.5. The second kappa shape index (κ2) is 4.67. The summed E-state index contributed by atoms with van der Waals surface area (Å²) in [5.74, 6) is 0. The second-order valence-corrected chi connectivity index (χ2v) is 8.22. The van der Waals surface area contributed by atoms with E-state index >= 15 is 0 Å². The molecule has 2 rings (SSSR count). The highest BCUT2D eigenvalue weighted by molar-refractivity contribution is 9.11. The molecule has 98 valence electrons. The van der Waals surface area contributed by atoms with Gasteiger partial charge in [0, 0.05) is 0 Å². The highest BCUT2D eigenvalue weighted by Gasteiger charge is 2.21. The van der Waals surface area contributed by atoms with E-state index in [0.717, 1.165) is 9.35 Å². The van der Waals surface area contributed by atoms with Crippen molar-refractivity contribution in [3.05, 3.63) is 26.8 Å². The third-order valence-corrected chi connectivity index (χ3v) is 6.42. The molecule has 2 aromatic rings. The summed E-state index contributed by atoms with van der Waals surface area (Å²) in [6.45, 7) is 5.37. The fourth-order valence-electron chi connectivity index (χ4n) is 1.45. The van der Waals surface area contributed by atoms with Gasteiger partial charge in [-0.3, -0.25) is 9.82 Å². The van der Waals surface area contributed by atoms with Crippen LogP contribution in [0.5, 0.6) is 0 Å². The fourth-order valence-corrected chi connectivity index (χ4v) is 4.86. The van der Waals surface area contributed by atoms with Crippen molar-refractivity contribution >= 4 is 43.0 Å². The second-order valence-electron chi connectivity index (χ2n) is 3.94. The van der Waals surface area contributed by atoms with Crippen LogP contribution >= 0.6 is 27.3 Å². The fraction of sp³-hybridized carbons (Fsp3) is 0.300. The van der Waals surface area contributed by atoms with Gasteiger partial charge in [0.2, 0.25) is 0 Å². The average molecular weight is 350 g/mol. The van der Waals surface area contributed by atoms with Crippen LogP contribution in [0.15, 0.2) is 14.1 Å². The minimum atomic E-state index is -3.55. The molecule has 0 saturated heterocycles. The Hall–Kier alpha value is -0.860. The summed E-state index contributed by atoms with van der Waals surface area (Å²) >= 11 is 4.51. The smallest absolute Gasteiger partial charge is 0.271 e. The molecule has 18 heavy (non-hydrogen) atoms. The molecule has 0 atom stereocenters. The number of hydrogen-bond acceptors (Lipinski definition) is 4. The lowest BCUT2D eigenvalue weighted by atomic mass is 10.3. The summed E-state index contributed by atoms with van der Waals surface area (Å²) in [5.41, 5.74) is 2.74. The van der Waals surface area contributed by atoms with Gasteiger partial charge in [-0.05, 0) is 48.3 Å². The van der Waals surface area contributed by atoms with E-state index in [-0.39, 0.29) is 4.21 Å². The molecule has 0 aromatic carbocycles. The van der Waals surface area contributed by atoms with Crippen molar-refractivity contribution in [2.75, 3.05) is 4.72 Å². The van der Waals surface area contributed by atoms with Gasteiger partial charge in [0.05, 0.1) is 20.9 Å². The zero-order valence-electron chi connectivity index (χ0n) is 10.0. The van der Waals surface area contributed by atoms with Crippen LogP contribution in [0.4, 0.5) is 5.69 Å². The Labute approximate surface area is 118 Å². The van der Waals surface area contributed by atoms with Crippen LogP contribution in [-0.4, -0.2) is 18.6 Å². The van der Waals surface area contributed by atoms with Crippen LogP contribution in [-0.2, 0) is 10.0 Å². The maximum absolute atomic E-state index is 12.2. The largest absolute Gasteiger partial charge is 0.280 e. The quantitative estimate of drug-likeness (QED) is 0.894. The van der Waals surface area contributed by atoms with Gasteiger partial charge in [-0.25, -0.2) is 8.42 Å². The van der Waals surface area contributed by atoms with Crippen molar-refractivity contribution < 1.29 is 8.42 Å². The molecule has 0 aliphatic rings. The van der Waals surface area contributed by atoms with Crippen LogP contribution in [0.25, 0.3) is 0 Å². The Morgan fingerprint density at radius 1 is 1.39 bits per heavy atom. The number of nitrogens with zero attached hydrogens (tertiary/aromatic N) is 1. The molecule has 2 heterocycles. The van der Waals surface area contributed by atoms with Crippen molar-refractivity contribution in [2.45, 2.75) is 25.0 Å². The van der Waals surface area contributed by atoms with Crippen molar-refractivity contribution in [1.82, 2.24) is 10.2 Å². The third kappa shape index (κ3) is 2.45. The number of anilines is 1. The highest BCUT2D eigenvalue weighted by atomic mass is 79.9. The van der Waals surface area contributed by atoms with Crippen LogP contribution in [0.2, 0.25) is 0 Å². The van der Waals surface area contributed by atoms with Gasteiger partial charge in [0.25, 0.3) is 10.0 Å². The molecule has 0 spiro atoms. The van der Waals surface area contributed by atoms with Gasteiger partial charge in [-0.15, -0.1) is 11.3 Å². The normalized spacial score (nSPS) is 11.8. The number of rotatable bonds is 3. The number of sulfonamides is 1. The maximum Gasteiger partial charge on any atom is 0.271 e. The average Bonchev–Trinajstić information content (AvgIpc) is 2.77. The maximum atomic E-state index is 12.2. The van der Waals surface area contributed by atoms with Crippen molar-refractivity contribution in [2.24, 2.45) is 0 Å². The van der Waals surface area contributed by atoms with Crippen LogP contribution < -0.4 is 4.72 Å². The number of thiophene rings is 1. The molecule has 0 unspecified atom stereocenters. The van der Waals surface area contributed by atoms with Crippen molar-refractivity contribution in [3.8, 4) is 0 Å². The predicted octanol–water partition coefficient (Wildman–Crippen LogP) is 2.96. The molecule has 0 fully saturated rings. The molecule has 0 aliphatic heterocycles. The molecule has 0 radical (unpaired) electrons. The Morgan fingerprint density at radius 3 is 2.50 bits per heavy atom. The lowest BCUT2D eigenvalue weighted by Gasteiger charge is -2.05. The molecule has 0 aliphatic carbocycles. The summed E-state index contributed by atoms with van der Waals surface area (Å²) in [5, 5.41) is 6.70. The van der Waals surface area contributed by atoms with E-state index in [9.17, 15) is 8.42 Å². The monoisotopic (exact) mass is 349 g/mol. The summed E-state index contributed by atoms with van der Waals surface area (Å²) < 4.78 is 28.1. The minimum absolute atomic E-state index is 0.284. The number of H-pyrrole nitrogens is 1. The van der Waals surface area contributed by atoms with E-state index in [0.29, 0.717) is 17.1 Å². The molecular formula is C10H12BrN3O2S2. The number of halogens is 1. The van der Waals surface area contributed by atoms with Gasteiger partial charge in [-0.2, -0.15) is 5.10 Å². The molecular weight excluding hydrogens is 338 g/mol. The van der Waals surface area contributed by atoms with Gasteiger partial charge in [-0.1, -0.05) is 0 Å². The topological polar surface area (TPSA) is 74.8 Å². The zero-order valence-corrected chi connectivity index (χ0v) is 13.3. The van der Waals surface area contributed by atoms with Gasteiger partial charge in [0.1, 0.15) is 4.21 Å². The lowest BCUT2D eigenvalue weighted by Crippen LogP contribution is -2.12. The number of aromatic amines is 1. The summed E-state index contributed by atoms with van der Waals surface area (Å²) in [7, 11) is -3.55. The third-order valence-electron chi connectivity index (χ3n) is 2.46.